The van der Waals surface area contributed by atoms with Gasteiger partial charge in [-0.2, -0.15) is 0 Å². The number of fused-ring (bicyclic) bond motifs is 1. The maximum absolute atomic E-state index is 13.6. The molecule has 2 aliphatic rings. The summed E-state index contributed by atoms with van der Waals surface area (Å²) in [5.74, 6) is 0.562. The van der Waals surface area contributed by atoms with Gasteiger partial charge < -0.3 is 4.90 Å². The summed E-state index contributed by atoms with van der Waals surface area (Å²) in [5, 5.41) is 0.883. The number of carbonyl (C=O) groups excluding carboxylic acids is 1. The number of amides is 1. The molecule has 1 saturated carbocycles. The van der Waals surface area contributed by atoms with Gasteiger partial charge >= 0.3 is 0 Å². The van der Waals surface area contributed by atoms with Crippen molar-refractivity contribution in [3.8, 4) is 0 Å². The lowest BCUT2D eigenvalue weighted by Gasteiger charge is -2.33. The van der Waals surface area contributed by atoms with Crippen LogP contribution in [0.5, 0.6) is 0 Å². The zero-order valence-corrected chi connectivity index (χ0v) is 19.6. The minimum atomic E-state index is -3.57. The molecule has 1 aliphatic heterocycles. The molecule has 1 N–H and O–H groups in total. The first kappa shape index (κ1) is 22.0. The highest BCUT2D eigenvalue weighted by Crippen LogP contribution is 2.40. The van der Waals surface area contributed by atoms with Gasteiger partial charge in [-0.25, -0.2) is 13.1 Å². The van der Waals surface area contributed by atoms with Gasteiger partial charge in [0.15, 0.2) is 0 Å². The van der Waals surface area contributed by atoms with Gasteiger partial charge in [0, 0.05) is 36.6 Å². The molecule has 0 bridgehead atoms. The SMILES string of the molecule is Cc1ccc(S(=O)(=O)NCC2CCCN(C(=O)c3cc(C4CC4)nc4ccccc34)C2)cc1. The van der Waals surface area contributed by atoms with Crippen molar-refractivity contribution in [2.45, 2.75) is 43.4 Å². The van der Waals surface area contributed by atoms with Crippen LogP contribution in [0.15, 0.2) is 59.5 Å². The van der Waals surface area contributed by atoms with Crippen LogP contribution in [0, 0.1) is 12.8 Å². The van der Waals surface area contributed by atoms with Crippen molar-refractivity contribution in [1.29, 1.82) is 0 Å². The number of benzene rings is 2. The van der Waals surface area contributed by atoms with Crippen LogP contribution in [0.25, 0.3) is 10.9 Å². The van der Waals surface area contributed by atoms with Gasteiger partial charge in [-0.05, 0) is 62.8 Å². The molecule has 0 spiro atoms. The Hall–Kier alpha value is -2.77. The van der Waals surface area contributed by atoms with E-state index in [9.17, 15) is 13.2 Å². The predicted molar refractivity (Wildman–Crippen MR) is 129 cm³/mol. The molecule has 1 unspecified atom stereocenters. The van der Waals surface area contributed by atoms with Crippen molar-refractivity contribution in [2.24, 2.45) is 5.92 Å². The second-order valence-corrected chi connectivity index (χ2v) is 11.1. The lowest BCUT2D eigenvalue weighted by molar-refractivity contribution is 0.0678. The molecule has 1 aliphatic carbocycles. The van der Waals surface area contributed by atoms with Gasteiger partial charge in [0.1, 0.15) is 0 Å². The highest BCUT2D eigenvalue weighted by Gasteiger charge is 2.30. The first-order valence-corrected chi connectivity index (χ1v) is 13.1. The number of nitrogens with zero attached hydrogens (tertiary/aromatic N) is 2. The van der Waals surface area contributed by atoms with Crippen molar-refractivity contribution in [3.63, 3.8) is 0 Å². The van der Waals surface area contributed by atoms with Crippen LogP contribution >= 0.6 is 0 Å². The summed E-state index contributed by atoms with van der Waals surface area (Å²) in [6.45, 7) is 3.49. The molecule has 1 saturated heterocycles. The summed E-state index contributed by atoms with van der Waals surface area (Å²) >= 11 is 0. The Labute approximate surface area is 195 Å². The number of pyridine rings is 1. The second kappa shape index (κ2) is 8.88. The Morgan fingerprint density at radius 3 is 2.61 bits per heavy atom. The molecular formula is C26H29N3O3S. The number of likely N-dealkylation sites (tertiary alicyclic amines) is 1. The number of nitrogens with one attached hydrogen (secondary N) is 1. The highest BCUT2D eigenvalue weighted by molar-refractivity contribution is 7.89. The van der Waals surface area contributed by atoms with Crippen LogP contribution in [0.3, 0.4) is 0 Å². The molecule has 1 atom stereocenters. The summed E-state index contributed by atoms with van der Waals surface area (Å²) in [7, 11) is -3.57. The molecule has 6 nitrogen and oxygen atoms in total. The van der Waals surface area contributed by atoms with Gasteiger partial charge in [0.05, 0.1) is 16.0 Å². The third-order valence-corrected chi connectivity index (χ3v) is 8.10. The van der Waals surface area contributed by atoms with Crippen LogP contribution in [0.4, 0.5) is 0 Å². The Morgan fingerprint density at radius 2 is 1.85 bits per heavy atom. The fraction of sp³-hybridized carbons (Fsp3) is 0.385. The van der Waals surface area contributed by atoms with E-state index < -0.39 is 10.0 Å². The molecule has 7 heteroatoms. The average molecular weight is 464 g/mol. The molecule has 2 fully saturated rings. The molecule has 0 radical (unpaired) electrons. The minimum absolute atomic E-state index is 0.0154. The first-order chi connectivity index (χ1) is 15.9. The number of piperidine rings is 1. The molecular weight excluding hydrogens is 434 g/mol. The van der Waals surface area contributed by atoms with Crippen LogP contribution in [0.1, 0.15) is 53.2 Å². The molecule has 2 heterocycles. The monoisotopic (exact) mass is 463 g/mol. The van der Waals surface area contributed by atoms with Gasteiger partial charge in [-0.1, -0.05) is 35.9 Å². The van der Waals surface area contributed by atoms with E-state index in [0.717, 1.165) is 47.8 Å². The lowest BCUT2D eigenvalue weighted by Crippen LogP contribution is -2.43. The van der Waals surface area contributed by atoms with Crippen LogP contribution in [0.2, 0.25) is 0 Å². The highest BCUT2D eigenvalue weighted by atomic mass is 32.2. The topological polar surface area (TPSA) is 79.4 Å². The smallest absolute Gasteiger partial charge is 0.254 e. The van der Waals surface area contributed by atoms with Crippen molar-refractivity contribution < 1.29 is 13.2 Å². The number of hydrogen-bond donors (Lipinski definition) is 1. The molecule has 2 aromatic carbocycles. The van der Waals surface area contributed by atoms with E-state index in [0.29, 0.717) is 31.1 Å². The quantitative estimate of drug-likeness (QED) is 0.593. The van der Waals surface area contributed by atoms with E-state index in [1.165, 1.54) is 0 Å². The zero-order valence-electron chi connectivity index (χ0n) is 18.8. The molecule has 3 aromatic rings. The van der Waals surface area contributed by atoms with E-state index >= 15 is 0 Å². The first-order valence-electron chi connectivity index (χ1n) is 11.7. The number of sulfonamides is 1. The Morgan fingerprint density at radius 1 is 1.09 bits per heavy atom. The maximum atomic E-state index is 13.6. The fourth-order valence-corrected chi connectivity index (χ4v) is 5.69. The van der Waals surface area contributed by atoms with E-state index in [-0.39, 0.29) is 16.7 Å². The Bertz CT molecular complexity index is 1280. The standard InChI is InChI=1S/C26H29N3O3S/c1-18-8-12-21(13-9-18)33(31,32)27-16-19-5-4-14-29(17-19)26(30)23-15-25(20-10-11-20)28-24-7-3-2-6-22(23)24/h2-3,6-9,12-13,15,19-20,27H,4-5,10-11,14,16-17H2,1H3. The summed E-state index contributed by atoms with van der Waals surface area (Å²) in [6, 6.07) is 16.6. The Kier molecular flexibility index (Phi) is 5.93. The average Bonchev–Trinajstić information content (AvgIpc) is 3.68. The largest absolute Gasteiger partial charge is 0.338 e. The third kappa shape index (κ3) is 4.80. The molecule has 5 rings (SSSR count). The maximum Gasteiger partial charge on any atom is 0.254 e. The summed E-state index contributed by atoms with van der Waals surface area (Å²) in [4.78, 5) is 20.5. The van der Waals surface area contributed by atoms with Gasteiger partial charge in [0.2, 0.25) is 10.0 Å². The van der Waals surface area contributed by atoms with Crippen molar-refractivity contribution in [2.75, 3.05) is 19.6 Å². The number of hydrogen-bond acceptors (Lipinski definition) is 4. The Balaban J connectivity index is 1.31. The van der Waals surface area contributed by atoms with E-state index in [1.807, 2.05) is 42.2 Å². The minimum Gasteiger partial charge on any atom is -0.338 e. The van der Waals surface area contributed by atoms with Crippen molar-refractivity contribution >= 4 is 26.8 Å². The predicted octanol–water partition coefficient (Wildman–Crippen LogP) is 4.25. The molecule has 33 heavy (non-hydrogen) atoms. The van der Waals surface area contributed by atoms with Crippen molar-refractivity contribution in [3.05, 3.63) is 71.4 Å². The van der Waals surface area contributed by atoms with E-state index in [2.05, 4.69) is 4.72 Å². The van der Waals surface area contributed by atoms with Gasteiger partial charge in [-0.3, -0.25) is 9.78 Å². The number of rotatable bonds is 6. The molecule has 172 valence electrons. The zero-order chi connectivity index (χ0) is 23.0. The molecule has 1 aromatic heterocycles. The number of carbonyl (C=O) groups is 1. The summed E-state index contributed by atoms with van der Waals surface area (Å²) < 4.78 is 28.1. The van der Waals surface area contributed by atoms with Crippen LogP contribution in [-0.4, -0.2) is 43.8 Å². The normalized spacial score (nSPS) is 19.1. The van der Waals surface area contributed by atoms with Gasteiger partial charge in [-0.15, -0.1) is 0 Å². The summed E-state index contributed by atoms with van der Waals surface area (Å²) in [6.07, 6.45) is 4.02. The second-order valence-electron chi connectivity index (χ2n) is 9.31. The lowest BCUT2D eigenvalue weighted by atomic mass is 9.97. The number of para-hydroxylation sites is 1. The van der Waals surface area contributed by atoms with E-state index in [4.69, 9.17) is 4.98 Å². The van der Waals surface area contributed by atoms with Crippen LogP contribution in [-0.2, 0) is 10.0 Å². The van der Waals surface area contributed by atoms with Gasteiger partial charge in [0.25, 0.3) is 5.91 Å². The summed E-state index contributed by atoms with van der Waals surface area (Å²) in [5.41, 5.74) is 3.60. The number of aryl methyl sites for hydroxylation is 1. The van der Waals surface area contributed by atoms with Crippen LogP contribution < -0.4 is 4.72 Å². The van der Waals surface area contributed by atoms with Crippen molar-refractivity contribution in [1.82, 2.24) is 14.6 Å². The number of aromatic nitrogens is 1. The van der Waals surface area contributed by atoms with E-state index in [1.54, 1.807) is 24.3 Å². The third-order valence-electron chi connectivity index (χ3n) is 6.66. The molecule has 1 amide bonds. The fourth-order valence-electron chi connectivity index (χ4n) is 4.58.